The molecular formula is C12H17N. The third kappa shape index (κ3) is 1.49. The Morgan fingerprint density at radius 2 is 1.85 bits per heavy atom. The Labute approximate surface area is 80.4 Å². The van der Waals surface area contributed by atoms with Crippen LogP contribution in [0.3, 0.4) is 0 Å². The Morgan fingerprint density at radius 3 is 2.31 bits per heavy atom. The van der Waals surface area contributed by atoms with Crippen molar-refractivity contribution in [2.75, 3.05) is 6.54 Å². The molecule has 0 amide bonds. The summed E-state index contributed by atoms with van der Waals surface area (Å²) >= 11 is 0. The number of likely N-dealkylation sites (N-methyl/N-ethyl adjacent to an activating group) is 1. The molecule has 2 rings (SSSR count). The highest BCUT2D eigenvalue weighted by Gasteiger charge is 2.45. The molecule has 0 radical (unpaired) electrons. The van der Waals surface area contributed by atoms with Crippen LogP contribution in [0.25, 0.3) is 0 Å². The van der Waals surface area contributed by atoms with Gasteiger partial charge >= 0.3 is 0 Å². The average molecular weight is 175 g/mol. The fourth-order valence-corrected chi connectivity index (χ4v) is 2.28. The SMILES string of the molecule is CC[C@@H]1[C@H](c2ccccc2)N1CC. The molecule has 0 N–H and O–H groups in total. The van der Waals surface area contributed by atoms with Crippen LogP contribution in [0.4, 0.5) is 0 Å². The first kappa shape index (κ1) is 8.76. The van der Waals surface area contributed by atoms with Gasteiger partial charge in [-0.05, 0) is 18.5 Å². The van der Waals surface area contributed by atoms with Crippen molar-refractivity contribution in [2.45, 2.75) is 32.4 Å². The van der Waals surface area contributed by atoms with Gasteiger partial charge in [0.15, 0.2) is 0 Å². The number of benzene rings is 1. The number of rotatable bonds is 3. The molecular weight excluding hydrogens is 158 g/mol. The van der Waals surface area contributed by atoms with E-state index >= 15 is 0 Å². The molecule has 0 aromatic heterocycles. The monoisotopic (exact) mass is 175 g/mol. The summed E-state index contributed by atoms with van der Waals surface area (Å²) in [5, 5.41) is 0. The van der Waals surface area contributed by atoms with Crippen molar-refractivity contribution in [3.05, 3.63) is 35.9 Å². The molecule has 1 nitrogen and oxygen atoms in total. The second-order valence-electron chi connectivity index (χ2n) is 3.66. The largest absolute Gasteiger partial charge is 0.290 e. The molecule has 1 heterocycles. The molecule has 1 fully saturated rings. The molecule has 1 saturated heterocycles. The van der Waals surface area contributed by atoms with Gasteiger partial charge in [0.05, 0.1) is 6.04 Å². The van der Waals surface area contributed by atoms with Crippen LogP contribution in [0.15, 0.2) is 30.3 Å². The lowest BCUT2D eigenvalue weighted by molar-refractivity contribution is 0.503. The zero-order valence-corrected chi connectivity index (χ0v) is 8.40. The van der Waals surface area contributed by atoms with Crippen LogP contribution in [0.2, 0.25) is 0 Å². The highest BCUT2D eigenvalue weighted by atomic mass is 15.3. The fraction of sp³-hybridized carbons (Fsp3) is 0.500. The van der Waals surface area contributed by atoms with E-state index in [1.807, 2.05) is 0 Å². The van der Waals surface area contributed by atoms with Gasteiger partial charge < -0.3 is 0 Å². The van der Waals surface area contributed by atoms with E-state index in [4.69, 9.17) is 0 Å². The van der Waals surface area contributed by atoms with Gasteiger partial charge in [0.1, 0.15) is 0 Å². The van der Waals surface area contributed by atoms with Crippen molar-refractivity contribution < 1.29 is 0 Å². The Balaban J connectivity index is 2.12. The normalized spacial score (nSPS) is 31.7. The Kier molecular flexibility index (Phi) is 2.36. The van der Waals surface area contributed by atoms with Crippen molar-refractivity contribution in [3.63, 3.8) is 0 Å². The van der Waals surface area contributed by atoms with Crippen LogP contribution in [-0.4, -0.2) is 17.5 Å². The van der Waals surface area contributed by atoms with E-state index in [2.05, 4.69) is 49.1 Å². The molecule has 3 atom stereocenters. The third-order valence-corrected chi connectivity index (χ3v) is 2.98. The highest BCUT2D eigenvalue weighted by molar-refractivity contribution is 5.26. The van der Waals surface area contributed by atoms with Crippen LogP contribution in [0.5, 0.6) is 0 Å². The van der Waals surface area contributed by atoms with E-state index in [0.717, 1.165) is 6.04 Å². The summed E-state index contributed by atoms with van der Waals surface area (Å²) < 4.78 is 0. The lowest BCUT2D eigenvalue weighted by Gasteiger charge is -1.98. The summed E-state index contributed by atoms with van der Waals surface area (Å²) in [6.07, 6.45) is 1.27. The lowest BCUT2D eigenvalue weighted by Crippen LogP contribution is -1.98. The van der Waals surface area contributed by atoms with Crippen molar-refractivity contribution in [1.82, 2.24) is 4.90 Å². The molecule has 1 aromatic rings. The zero-order chi connectivity index (χ0) is 9.26. The molecule has 1 aliphatic rings. The molecule has 0 bridgehead atoms. The number of hydrogen-bond donors (Lipinski definition) is 0. The van der Waals surface area contributed by atoms with Gasteiger partial charge in [0, 0.05) is 6.04 Å². The standard InChI is InChI=1S/C12H17N/c1-3-11-12(13(11)4-2)10-8-6-5-7-9-10/h5-9,11-12H,3-4H2,1-2H3/t11-,12+,13?/m1/s1. The maximum atomic E-state index is 2.55. The summed E-state index contributed by atoms with van der Waals surface area (Å²) in [5.74, 6) is 0. The summed E-state index contributed by atoms with van der Waals surface area (Å²) in [6.45, 7) is 5.69. The van der Waals surface area contributed by atoms with Gasteiger partial charge in [0.25, 0.3) is 0 Å². The third-order valence-electron chi connectivity index (χ3n) is 2.98. The summed E-state index contributed by atoms with van der Waals surface area (Å²) in [6, 6.07) is 12.3. The van der Waals surface area contributed by atoms with Crippen molar-refractivity contribution in [3.8, 4) is 0 Å². The summed E-state index contributed by atoms with van der Waals surface area (Å²) in [7, 11) is 0. The van der Waals surface area contributed by atoms with E-state index in [9.17, 15) is 0 Å². The zero-order valence-electron chi connectivity index (χ0n) is 8.40. The quantitative estimate of drug-likeness (QED) is 0.638. The lowest BCUT2D eigenvalue weighted by atomic mass is 10.1. The second-order valence-corrected chi connectivity index (χ2v) is 3.66. The van der Waals surface area contributed by atoms with Crippen LogP contribution in [0.1, 0.15) is 31.9 Å². The first-order valence-electron chi connectivity index (χ1n) is 5.19. The maximum Gasteiger partial charge on any atom is 0.0507 e. The van der Waals surface area contributed by atoms with Crippen molar-refractivity contribution in [1.29, 1.82) is 0 Å². The molecule has 1 aliphatic heterocycles. The average Bonchev–Trinajstić information content (AvgIpc) is 2.92. The van der Waals surface area contributed by atoms with Crippen LogP contribution in [-0.2, 0) is 0 Å². The Morgan fingerprint density at radius 1 is 1.15 bits per heavy atom. The minimum absolute atomic E-state index is 0.705. The first-order chi connectivity index (χ1) is 6.38. The number of nitrogens with zero attached hydrogens (tertiary/aromatic N) is 1. The maximum absolute atomic E-state index is 2.55. The van der Waals surface area contributed by atoms with Gasteiger partial charge in [-0.2, -0.15) is 0 Å². The van der Waals surface area contributed by atoms with Gasteiger partial charge in [-0.1, -0.05) is 44.2 Å². The van der Waals surface area contributed by atoms with Gasteiger partial charge in [-0.3, -0.25) is 4.90 Å². The summed E-state index contributed by atoms with van der Waals surface area (Å²) in [4.78, 5) is 2.55. The predicted molar refractivity (Wildman–Crippen MR) is 55.6 cm³/mol. The van der Waals surface area contributed by atoms with E-state index in [1.165, 1.54) is 18.5 Å². The molecule has 0 aliphatic carbocycles. The van der Waals surface area contributed by atoms with E-state index < -0.39 is 0 Å². The Hall–Kier alpha value is -0.820. The minimum Gasteiger partial charge on any atom is -0.290 e. The molecule has 1 unspecified atom stereocenters. The molecule has 70 valence electrons. The fourth-order valence-electron chi connectivity index (χ4n) is 2.28. The Bertz CT molecular complexity index is 258. The highest BCUT2D eigenvalue weighted by Crippen LogP contribution is 2.44. The van der Waals surface area contributed by atoms with Gasteiger partial charge in [-0.15, -0.1) is 0 Å². The second kappa shape index (κ2) is 3.51. The first-order valence-corrected chi connectivity index (χ1v) is 5.19. The van der Waals surface area contributed by atoms with Crippen LogP contribution >= 0.6 is 0 Å². The van der Waals surface area contributed by atoms with Crippen LogP contribution < -0.4 is 0 Å². The van der Waals surface area contributed by atoms with Gasteiger partial charge in [-0.25, -0.2) is 0 Å². The van der Waals surface area contributed by atoms with Crippen molar-refractivity contribution in [2.24, 2.45) is 0 Å². The minimum atomic E-state index is 0.705. The van der Waals surface area contributed by atoms with Gasteiger partial charge in [0.2, 0.25) is 0 Å². The molecule has 0 spiro atoms. The molecule has 0 saturated carbocycles. The number of hydrogen-bond acceptors (Lipinski definition) is 1. The van der Waals surface area contributed by atoms with E-state index in [-0.39, 0.29) is 0 Å². The van der Waals surface area contributed by atoms with E-state index in [0.29, 0.717) is 6.04 Å². The predicted octanol–water partition coefficient (Wildman–Crippen LogP) is 2.84. The van der Waals surface area contributed by atoms with Crippen molar-refractivity contribution >= 4 is 0 Å². The smallest absolute Gasteiger partial charge is 0.0507 e. The molecule has 1 heteroatoms. The molecule has 13 heavy (non-hydrogen) atoms. The van der Waals surface area contributed by atoms with E-state index in [1.54, 1.807) is 0 Å². The topological polar surface area (TPSA) is 3.01 Å². The molecule has 1 aromatic carbocycles. The van der Waals surface area contributed by atoms with Crippen LogP contribution in [0, 0.1) is 0 Å². The summed E-state index contributed by atoms with van der Waals surface area (Å²) in [5.41, 5.74) is 1.48.